The van der Waals surface area contributed by atoms with Gasteiger partial charge in [-0.1, -0.05) is 19.9 Å². The van der Waals surface area contributed by atoms with Crippen molar-refractivity contribution in [1.29, 1.82) is 0 Å². The number of carbonyl (C=O) groups is 2. The third-order valence-corrected chi connectivity index (χ3v) is 5.20. The van der Waals surface area contributed by atoms with Gasteiger partial charge in [0.05, 0.1) is 6.04 Å². The Morgan fingerprint density at radius 1 is 1.38 bits per heavy atom. The maximum Gasteiger partial charge on any atom is 0.356 e. The first-order valence-electron chi connectivity index (χ1n) is 9.38. The number of rotatable bonds is 6. The topological polar surface area (TPSA) is 78.7 Å². The zero-order valence-corrected chi connectivity index (χ0v) is 15.6. The molecule has 142 valence electrons. The Bertz CT molecular complexity index is 710. The molecule has 1 unspecified atom stereocenters. The van der Waals surface area contributed by atoms with Gasteiger partial charge in [-0.05, 0) is 25.3 Å². The van der Waals surface area contributed by atoms with Crippen LogP contribution in [0.3, 0.4) is 0 Å². The lowest BCUT2D eigenvalue weighted by atomic mass is 10.0. The van der Waals surface area contributed by atoms with Crippen LogP contribution in [0.15, 0.2) is 12.7 Å². The van der Waals surface area contributed by atoms with E-state index in [0.29, 0.717) is 44.1 Å². The molecule has 3 heterocycles. The van der Waals surface area contributed by atoms with Gasteiger partial charge < -0.3 is 10.0 Å². The van der Waals surface area contributed by atoms with E-state index in [1.807, 2.05) is 15.7 Å². The van der Waals surface area contributed by atoms with Crippen molar-refractivity contribution in [3.8, 4) is 0 Å². The molecule has 1 saturated heterocycles. The Morgan fingerprint density at radius 3 is 2.81 bits per heavy atom. The lowest BCUT2D eigenvalue weighted by Gasteiger charge is -2.32. The first-order chi connectivity index (χ1) is 12.4. The molecule has 2 aliphatic heterocycles. The van der Waals surface area contributed by atoms with Gasteiger partial charge in [0, 0.05) is 43.9 Å². The van der Waals surface area contributed by atoms with Crippen molar-refractivity contribution in [2.45, 2.75) is 52.2 Å². The molecule has 0 aromatic carbocycles. The summed E-state index contributed by atoms with van der Waals surface area (Å²) in [4.78, 5) is 28.6. The van der Waals surface area contributed by atoms with Gasteiger partial charge in [0.15, 0.2) is 5.69 Å². The van der Waals surface area contributed by atoms with E-state index in [9.17, 15) is 14.7 Å². The molecule has 3 rings (SSSR count). The standard InChI is InChI=1S/C19H28N4O3/c1-4-8-21-9-5-6-16(21)18(24)22-10-7-15-14(12-22)17(19(25)26)20-23(15)11-13(2)3/h4,13,16H,1,5-12H2,2-3H3,(H,25,26). The molecule has 26 heavy (non-hydrogen) atoms. The van der Waals surface area contributed by atoms with Gasteiger partial charge in [0.25, 0.3) is 0 Å². The van der Waals surface area contributed by atoms with E-state index in [0.717, 1.165) is 25.1 Å². The summed E-state index contributed by atoms with van der Waals surface area (Å²) in [6.45, 7) is 11.2. The van der Waals surface area contributed by atoms with Crippen molar-refractivity contribution in [2.75, 3.05) is 19.6 Å². The van der Waals surface area contributed by atoms with E-state index in [-0.39, 0.29) is 17.6 Å². The predicted molar refractivity (Wildman–Crippen MR) is 97.9 cm³/mol. The summed E-state index contributed by atoms with van der Waals surface area (Å²) in [5.74, 6) is -0.540. The summed E-state index contributed by atoms with van der Waals surface area (Å²) < 4.78 is 1.82. The molecule has 1 aromatic rings. The van der Waals surface area contributed by atoms with E-state index in [1.54, 1.807) is 0 Å². The molecular formula is C19H28N4O3. The smallest absolute Gasteiger partial charge is 0.356 e. The fourth-order valence-corrected chi connectivity index (χ4v) is 4.05. The summed E-state index contributed by atoms with van der Waals surface area (Å²) in [5.41, 5.74) is 1.76. The quantitative estimate of drug-likeness (QED) is 0.782. The van der Waals surface area contributed by atoms with Crippen LogP contribution < -0.4 is 0 Å². The van der Waals surface area contributed by atoms with Crippen LogP contribution in [-0.2, 0) is 24.3 Å². The minimum absolute atomic E-state index is 0.0903. The predicted octanol–water partition coefficient (Wildman–Crippen LogP) is 1.77. The third kappa shape index (κ3) is 3.53. The van der Waals surface area contributed by atoms with E-state index in [4.69, 9.17) is 0 Å². The van der Waals surface area contributed by atoms with Crippen LogP contribution in [0, 0.1) is 5.92 Å². The van der Waals surface area contributed by atoms with Crippen LogP contribution in [0.5, 0.6) is 0 Å². The van der Waals surface area contributed by atoms with Crippen LogP contribution in [0.2, 0.25) is 0 Å². The van der Waals surface area contributed by atoms with Crippen molar-refractivity contribution < 1.29 is 14.7 Å². The van der Waals surface area contributed by atoms with Crippen molar-refractivity contribution in [3.63, 3.8) is 0 Å². The second-order valence-corrected chi connectivity index (χ2v) is 7.61. The number of carbonyl (C=O) groups excluding carboxylic acids is 1. The highest BCUT2D eigenvalue weighted by molar-refractivity contribution is 5.88. The zero-order chi connectivity index (χ0) is 18.8. The highest BCUT2D eigenvalue weighted by atomic mass is 16.4. The second-order valence-electron chi connectivity index (χ2n) is 7.61. The van der Waals surface area contributed by atoms with Gasteiger partial charge >= 0.3 is 5.97 Å². The minimum atomic E-state index is -1.02. The second kappa shape index (κ2) is 7.61. The summed E-state index contributed by atoms with van der Waals surface area (Å²) in [6.07, 6.45) is 4.35. The van der Waals surface area contributed by atoms with Gasteiger partial charge in [-0.25, -0.2) is 4.79 Å². The van der Waals surface area contributed by atoms with Crippen molar-refractivity contribution in [3.05, 3.63) is 29.6 Å². The summed E-state index contributed by atoms with van der Waals surface area (Å²) >= 11 is 0. The average Bonchev–Trinajstić information content (AvgIpc) is 3.19. The molecule has 1 atom stereocenters. The van der Waals surface area contributed by atoms with Crippen LogP contribution in [0.25, 0.3) is 0 Å². The maximum absolute atomic E-state index is 13.0. The molecular weight excluding hydrogens is 332 g/mol. The van der Waals surface area contributed by atoms with Gasteiger partial charge in [-0.3, -0.25) is 14.4 Å². The number of carboxylic acid groups (broad SMARTS) is 1. The average molecular weight is 360 g/mol. The number of hydrogen-bond donors (Lipinski definition) is 1. The Hall–Kier alpha value is -2.15. The molecule has 0 radical (unpaired) electrons. The van der Waals surface area contributed by atoms with E-state index in [1.165, 1.54) is 0 Å². The van der Waals surface area contributed by atoms with Gasteiger partial charge in [0.1, 0.15) is 0 Å². The molecule has 2 aliphatic rings. The van der Waals surface area contributed by atoms with Crippen molar-refractivity contribution in [1.82, 2.24) is 19.6 Å². The molecule has 1 amide bonds. The molecule has 0 aliphatic carbocycles. The lowest BCUT2D eigenvalue weighted by molar-refractivity contribution is -0.136. The summed E-state index contributed by atoms with van der Waals surface area (Å²) in [5, 5.41) is 13.9. The van der Waals surface area contributed by atoms with Gasteiger partial charge in [0.2, 0.25) is 5.91 Å². The molecule has 1 N–H and O–H groups in total. The van der Waals surface area contributed by atoms with Crippen molar-refractivity contribution in [2.24, 2.45) is 5.92 Å². The highest BCUT2D eigenvalue weighted by Crippen LogP contribution is 2.26. The number of likely N-dealkylation sites (tertiary alicyclic amines) is 1. The van der Waals surface area contributed by atoms with Crippen LogP contribution in [0.1, 0.15) is 48.4 Å². The normalized spacial score (nSPS) is 20.4. The first-order valence-corrected chi connectivity index (χ1v) is 9.38. The number of amides is 1. The summed E-state index contributed by atoms with van der Waals surface area (Å²) in [7, 11) is 0. The van der Waals surface area contributed by atoms with Crippen molar-refractivity contribution >= 4 is 11.9 Å². The number of aromatic nitrogens is 2. The SMILES string of the molecule is C=CCN1CCCC1C(=O)N1CCc2c(c(C(=O)O)nn2CC(C)C)C1. The molecule has 0 bridgehead atoms. The summed E-state index contributed by atoms with van der Waals surface area (Å²) in [6, 6.07) is -0.117. The third-order valence-electron chi connectivity index (χ3n) is 5.20. The van der Waals surface area contributed by atoms with Crippen LogP contribution in [0.4, 0.5) is 0 Å². The Kier molecular flexibility index (Phi) is 5.46. The number of fused-ring (bicyclic) bond motifs is 1. The highest BCUT2D eigenvalue weighted by Gasteiger charge is 2.36. The van der Waals surface area contributed by atoms with E-state index < -0.39 is 5.97 Å². The number of aromatic carboxylic acids is 1. The van der Waals surface area contributed by atoms with Crippen LogP contribution in [-0.4, -0.2) is 62.2 Å². The molecule has 7 nitrogen and oxygen atoms in total. The zero-order valence-electron chi connectivity index (χ0n) is 15.6. The lowest BCUT2D eigenvalue weighted by Crippen LogP contribution is -2.47. The van der Waals surface area contributed by atoms with E-state index in [2.05, 4.69) is 30.4 Å². The first kappa shape index (κ1) is 18.6. The monoisotopic (exact) mass is 360 g/mol. The van der Waals surface area contributed by atoms with Crippen LogP contribution >= 0.6 is 0 Å². The molecule has 1 fully saturated rings. The largest absolute Gasteiger partial charge is 0.476 e. The fourth-order valence-electron chi connectivity index (χ4n) is 4.05. The Labute approximate surface area is 154 Å². The molecule has 0 saturated carbocycles. The molecule has 7 heteroatoms. The number of nitrogens with zero attached hydrogens (tertiary/aromatic N) is 4. The Balaban J connectivity index is 1.82. The van der Waals surface area contributed by atoms with E-state index >= 15 is 0 Å². The molecule has 1 aromatic heterocycles. The number of carboxylic acids is 1. The fraction of sp³-hybridized carbons (Fsp3) is 0.632. The maximum atomic E-state index is 13.0. The molecule has 0 spiro atoms. The minimum Gasteiger partial charge on any atom is -0.476 e. The van der Waals surface area contributed by atoms with Gasteiger partial charge in [-0.15, -0.1) is 6.58 Å². The number of hydrogen-bond acceptors (Lipinski definition) is 4. The Morgan fingerprint density at radius 2 is 2.15 bits per heavy atom. The van der Waals surface area contributed by atoms with Gasteiger partial charge in [-0.2, -0.15) is 5.10 Å².